The fourth-order valence-corrected chi connectivity index (χ4v) is 1.99. The molecule has 0 aliphatic rings. The molecule has 0 atom stereocenters. The summed E-state index contributed by atoms with van der Waals surface area (Å²) in [5.41, 5.74) is 1.66. The largest absolute Gasteiger partial charge is 0.350 e. The number of aromatic nitrogens is 1. The molecule has 20 heavy (non-hydrogen) atoms. The Morgan fingerprint density at radius 1 is 1.50 bits per heavy atom. The Hall–Kier alpha value is -1.42. The molecule has 0 fully saturated rings. The van der Waals surface area contributed by atoms with Crippen LogP contribution in [0.4, 0.5) is 10.2 Å². The molecule has 0 saturated carbocycles. The zero-order valence-corrected chi connectivity index (χ0v) is 13.0. The highest BCUT2D eigenvalue weighted by atomic mass is 19.1. The number of hydrogen-bond donors (Lipinski definition) is 1. The molecule has 1 rings (SSSR count). The van der Waals surface area contributed by atoms with Gasteiger partial charge in [-0.1, -0.05) is 26.0 Å². The van der Waals surface area contributed by atoms with Crippen LogP contribution in [0.2, 0.25) is 0 Å². The minimum Gasteiger partial charge on any atom is -0.350 e. The van der Waals surface area contributed by atoms with E-state index in [1.54, 1.807) is 12.3 Å². The Labute approximate surface area is 121 Å². The highest BCUT2D eigenvalue weighted by Crippen LogP contribution is 2.20. The average Bonchev–Trinajstić information content (AvgIpc) is 2.37. The summed E-state index contributed by atoms with van der Waals surface area (Å²) in [6, 6.07) is 1.74. The van der Waals surface area contributed by atoms with Gasteiger partial charge in [0.05, 0.1) is 0 Å². The summed E-state index contributed by atoms with van der Waals surface area (Å²) in [7, 11) is 0. The first-order chi connectivity index (χ1) is 9.45. The van der Waals surface area contributed by atoms with E-state index in [-0.39, 0.29) is 5.82 Å². The van der Waals surface area contributed by atoms with E-state index < -0.39 is 0 Å². The van der Waals surface area contributed by atoms with Gasteiger partial charge in [-0.25, -0.2) is 9.37 Å². The Morgan fingerprint density at radius 2 is 2.20 bits per heavy atom. The van der Waals surface area contributed by atoms with Crippen LogP contribution < -0.4 is 10.2 Å². The van der Waals surface area contributed by atoms with Crippen molar-refractivity contribution >= 4 is 5.82 Å². The summed E-state index contributed by atoms with van der Waals surface area (Å²) in [6.45, 7) is 14.8. The van der Waals surface area contributed by atoms with Crippen molar-refractivity contribution in [2.45, 2.75) is 34.2 Å². The maximum Gasteiger partial charge on any atom is 0.170 e. The normalized spacial score (nSPS) is 10.9. The minimum atomic E-state index is -0.230. The Bertz CT molecular complexity index is 443. The number of anilines is 1. The van der Waals surface area contributed by atoms with Gasteiger partial charge in [-0.2, -0.15) is 0 Å². The summed E-state index contributed by atoms with van der Waals surface area (Å²) in [6.07, 6.45) is 1.67. The van der Waals surface area contributed by atoms with Crippen LogP contribution in [-0.2, 0) is 6.54 Å². The van der Waals surface area contributed by atoms with E-state index in [4.69, 9.17) is 0 Å². The van der Waals surface area contributed by atoms with Crippen molar-refractivity contribution in [1.82, 2.24) is 10.3 Å². The summed E-state index contributed by atoms with van der Waals surface area (Å²) in [5.74, 6) is 0.737. The van der Waals surface area contributed by atoms with E-state index in [1.807, 2.05) is 18.7 Å². The van der Waals surface area contributed by atoms with Crippen LogP contribution in [0.25, 0.3) is 0 Å². The third-order valence-corrected chi connectivity index (χ3v) is 2.96. The maximum atomic E-state index is 14.5. The molecular formula is C16H26FN3. The van der Waals surface area contributed by atoms with Gasteiger partial charge in [0, 0.05) is 31.4 Å². The van der Waals surface area contributed by atoms with Gasteiger partial charge < -0.3 is 10.2 Å². The molecule has 4 heteroatoms. The average molecular weight is 279 g/mol. The van der Waals surface area contributed by atoms with Gasteiger partial charge in [-0.05, 0) is 32.4 Å². The Morgan fingerprint density at radius 3 is 2.75 bits per heavy atom. The van der Waals surface area contributed by atoms with Crippen molar-refractivity contribution in [2.75, 3.05) is 24.5 Å². The van der Waals surface area contributed by atoms with Crippen LogP contribution in [0.5, 0.6) is 0 Å². The molecule has 0 radical (unpaired) electrons. The number of hydrogen-bond acceptors (Lipinski definition) is 3. The molecule has 112 valence electrons. The molecule has 0 bridgehead atoms. The van der Waals surface area contributed by atoms with Crippen LogP contribution in [0, 0.1) is 11.7 Å². The standard InChI is InChI=1S/C16H26FN3/c1-6-20(11-13(4)5)16-15(17)14(7-8-19-16)10-18-9-12(2)3/h7-8,12,18H,4,6,9-11H2,1-3,5H3. The summed E-state index contributed by atoms with van der Waals surface area (Å²) < 4.78 is 14.5. The SMILES string of the molecule is C=C(C)CN(CC)c1nccc(CNCC(C)C)c1F. The fourth-order valence-electron chi connectivity index (χ4n) is 1.99. The molecule has 0 aliphatic carbocycles. The van der Waals surface area contributed by atoms with E-state index in [1.165, 1.54) is 0 Å². The van der Waals surface area contributed by atoms with Crippen LogP contribution in [0.15, 0.2) is 24.4 Å². The van der Waals surface area contributed by atoms with E-state index in [2.05, 4.69) is 30.7 Å². The third-order valence-electron chi connectivity index (χ3n) is 2.96. The first kappa shape index (κ1) is 16.6. The predicted octanol–water partition coefficient (Wildman–Crippen LogP) is 3.37. The molecule has 1 heterocycles. The lowest BCUT2D eigenvalue weighted by Crippen LogP contribution is -2.27. The third kappa shape index (κ3) is 4.93. The van der Waals surface area contributed by atoms with Crippen LogP contribution in [0.1, 0.15) is 33.3 Å². The smallest absolute Gasteiger partial charge is 0.170 e. The lowest BCUT2D eigenvalue weighted by atomic mass is 10.2. The van der Waals surface area contributed by atoms with Gasteiger partial charge in [0.25, 0.3) is 0 Å². The number of rotatable bonds is 8. The number of halogens is 1. The first-order valence-corrected chi connectivity index (χ1v) is 7.19. The molecule has 0 saturated heterocycles. The lowest BCUT2D eigenvalue weighted by molar-refractivity contribution is 0.532. The predicted molar refractivity (Wildman–Crippen MR) is 83.4 cm³/mol. The maximum absolute atomic E-state index is 14.5. The van der Waals surface area contributed by atoms with E-state index in [0.29, 0.717) is 36.9 Å². The molecule has 0 aromatic carbocycles. The van der Waals surface area contributed by atoms with E-state index in [9.17, 15) is 4.39 Å². The van der Waals surface area contributed by atoms with Crippen LogP contribution >= 0.6 is 0 Å². The summed E-state index contributed by atoms with van der Waals surface area (Å²) in [4.78, 5) is 6.09. The van der Waals surface area contributed by atoms with Crippen LogP contribution in [-0.4, -0.2) is 24.6 Å². The van der Waals surface area contributed by atoms with Crippen molar-refractivity contribution in [3.8, 4) is 0 Å². The first-order valence-electron chi connectivity index (χ1n) is 7.19. The van der Waals surface area contributed by atoms with E-state index >= 15 is 0 Å². The molecule has 1 aromatic heterocycles. The zero-order valence-electron chi connectivity index (χ0n) is 13.0. The minimum absolute atomic E-state index is 0.230. The Balaban J connectivity index is 2.84. The molecule has 0 spiro atoms. The topological polar surface area (TPSA) is 28.2 Å². The highest BCUT2D eigenvalue weighted by Gasteiger charge is 2.15. The van der Waals surface area contributed by atoms with Gasteiger partial charge >= 0.3 is 0 Å². The zero-order chi connectivity index (χ0) is 15.1. The lowest BCUT2D eigenvalue weighted by Gasteiger charge is -2.23. The summed E-state index contributed by atoms with van der Waals surface area (Å²) >= 11 is 0. The van der Waals surface area contributed by atoms with Gasteiger partial charge in [-0.15, -0.1) is 0 Å². The molecule has 1 N–H and O–H groups in total. The molecule has 0 amide bonds. The highest BCUT2D eigenvalue weighted by molar-refractivity contribution is 5.44. The van der Waals surface area contributed by atoms with Crippen LogP contribution in [0.3, 0.4) is 0 Å². The number of nitrogens with zero attached hydrogens (tertiary/aromatic N) is 2. The van der Waals surface area contributed by atoms with Crippen molar-refractivity contribution in [3.63, 3.8) is 0 Å². The van der Waals surface area contributed by atoms with Crippen molar-refractivity contribution < 1.29 is 4.39 Å². The number of pyridine rings is 1. The Kier molecular flexibility index (Phi) is 6.65. The van der Waals surface area contributed by atoms with Gasteiger partial charge in [-0.3, -0.25) is 0 Å². The monoisotopic (exact) mass is 279 g/mol. The fraction of sp³-hybridized carbons (Fsp3) is 0.562. The van der Waals surface area contributed by atoms with E-state index in [0.717, 1.165) is 12.1 Å². The molecule has 0 unspecified atom stereocenters. The quantitative estimate of drug-likeness (QED) is 0.740. The summed E-state index contributed by atoms with van der Waals surface area (Å²) in [5, 5.41) is 3.26. The van der Waals surface area contributed by atoms with Gasteiger partial charge in [0.2, 0.25) is 0 Å². The molecule has 3 nitrogen and oxygen atoms in total. The molecule has 1 aromatic rings. The second-order valence-corrected chi connectivity index (χ2v) is 5.60. The second-order valence-electron chi connectivity index (χ2n) is 5.60. The molecular weight excluding hydrogens is 253 g/mol. The van der Waals surface area contributed by atoms with Gasteiger partial charge in [0.15, 0.2) is 11.6 Å². The second kappa shape index (κ2) is 8.00. The van der Waals surface area contributed by atoms with Crippen molar-refractivity contribution in [2.24, 2.45) is 5.92 Å². The molecule has 0 aliphatic heterocycles. The number of likely N-dealkylation sites (N-methyl/N-ethyl adjacent to an activating group) is 1. The van der Waals surface area contributed by atoms with Crippen molar-refractivity contribution in [1.29, 1.82) is 0 Å². The number of nitrogens with one attached hydrogen (secondary N) is 1. The van der Waals surface area contributed by atoms with Gasteiger partial charge in [0.1, 0.15) is 0 Å². The van der Waals surface area contributed by atoms with Crippen molar-refractivity contribution in [3.05, 3.63) is 35.8 Å².